The maximum absolute atomic E-state index is 11.6. The fraction of sp³-hybridized carbons (Fsp3) is 0.583. The van der Waals surface area contributed by atoms with Gasteiger partial charge in [-0.3, -0.25) is 9.48 Å². The highest BCUT2D eigenvalue weighted by molar-refractivity contribution is 5.90. The lowest BCUT2D eigenvalue weighted by atomic mass is 10.2. The van der Waals surface area contributed by atoms with Crippen LogP contribution < -0.4 is 10.6 Å². The monoisotopic (exact) mass is 268 g/mol. The van der Waals surface area contributed by atoms with E-state index >= 15 is 0 Å². The summed E-state index contributed by atoms with van der Waals surface area (Å²) in [5, 5.41) is 9.13. The number of anilines is 1. The van der Waals surface area contributed by atoms with Gasteiger partial charge in [0.2, 0.25) is 5.91 Å². The topological polar surface area (TPSA) is 85.3 Å². The molecule has 0 spiro atoms. The molecule has 19 heavy (non-hydrogen) atoms. The zero-order chi connectivity index (χ0) is 14.5. The first-order valence-electron chi connectivity index (χ1n) is 6.02. The highest BCUT2D eigenvalue weighted by Gasteiger charge is 2.15. The Bertz CT molecular complexity index is 448. The van der Waals surface area contributed by atoms with E-state index in [4.69, 9.17) is 4.74 Å². The third-order valence-corrected chi connectivity index (χ3v) is 2.11. The van der Waals surface area contributed by atoms with Gasteiger partial charge in [0.05, 0.1) is 6.20 Å². The van der Waals surface area contributed by atoms with E-state index in [9.17, 15) is 9.59 Å². The normalized spacial score (nSPS) is 10.9. The van der Waals surface area contributed by atoms with Crippen LogP contribution in [0.5, 0.6) is 0 Å². The van der Waals surface area contributed by atoms with Crippen molar-refractivity contribution in [1.29, 1.82) is 0 Å². The highest BCUT2D eigenvalue weighted by Crippen LogP contribution is 2.06. The van der Waals surface area contributed by atoms with Crippen LogP contribution in [0.4, 0.5) is 10.6 Å². The Balaban J connectivity index is 2.24. The van der Waals surface area contributed by atoms with Crippen LogP contribution in [0.25, 0.3) is 0 Å². The average molecular weight is 268 g/mol. The van der Waals surface area contributed by atoms with Gasteiger partial charge in [-0.05, 0) is 20.8 Å². The summed E-state index contributed by atoms with van der Waals surface area (Å²) >= 11 is 0. The second-order valence-electron chi connectivity index (χ2n) is 5.07. The molecule has 1 heterocycles. The van der Waals surface area contributed by atoms with Crippen LogP contribution in [-0.4, -0.2) is 33.9 Å². The largest absolute Gasteiger partial charge is 0.444 e. The molecule has 0 aromatic carbocycles. The Morgan fingerprint density at radius 2 is 2.11 bits per heavy atom. The molecule has 0 aliphatic carbocycles. The van der Waals surface area contributed by atoms with Gasteiger partial charge in [-0.25, -0.2) is 4.79 Å². The Hall–Kier alpha value is -2.05. The molecule has 0 aliphatic heterocycles. The molecule has 0 atom stereocenters. The van der Waals surface area contributed by atoms with E-state index in [2.05, 4.69) is 15.7 Å². The minimum atomic E-state index is -0.541. The Labute approximate surface area is 112 Å². The molecular formula is C12H20N4O3. The molecule has 2 N–H and O–H groups in total. The number of nitrogens with one attached hydrogen (secondary N) is 2. The minimum Gasteiger partial charge on any atom is -0.444 e. The lowest BCUT2D eigenvalue weighted by Gasteiger charge is -2.19. The summed E-state index contributed by atoms with van der Waals surface area (Å²) < 4.78 is 6.60. The van der Waals surface area contributed by atoms with Crippen molar-refractivity contribution in [3.8, 4) is 0 Å². The van der Waals surface area contributed by atoms with Crippen LogP contribution in [-0.2, 0) is 16.6 Å². The predicted molar refractivity (Wildman–Crippen MR) is 70.7 cm³/mol. The molecular weight excluding hydrogens is 248 g/mol. The summed E-state index contributed by atoms with van der Waals surface area (Å²) in [5.41, 5.74) is -0.541. The first-order valence-corrected chi connectivity index (χ1v) is 6.02. The van der Waals surface area contributed by atoms with Gasteiger partial charge in [-0.15, -0.1) is 0 Å². The number of alkyl carbamates (subject to hydrolysis) is 1. The number of carbonyl (C=O) groups excluding carboxylic acids is 2. The number of nitrogens with zero attached hydrogens (tertiary/aromatic N) is 2. The Morgan fingerprint density at radius 3 is 2.63 bits per heavy atom. The molecule has 0 aliphatic rings. The zero-order valence-electron chi connectivity index (χ0n) is 11.7. The molecule has 0 saturated carbocycles. The summed E-state index contributed by atoms with van der Waals surface area (Å²) in [6, 6.07) is 1.69. The van der Waals surface area contributed by atoms with E-state index in [0.29, 0.717) is 5.82 Å². The smallest absolute Gasteiger partial charge is 0.407 e. The van der Waals surface area contributed by atoms with Crippen molar-refractivity contribution < 1.29 is 14.3 Å². The van der Waals surface area contributed by atoms with Gasteiger partial charge in [0.1, 0.15) is 11.4 Å². The molecule has 106 valence electrons. The second kappa shape index (κ2) is 6.21. The number of ether oxygens (including phenoxy) is 1. The number of aryl methyl sites for hydroxylation is 1. The maximum atomic E-state index is 11.6. The van der Waals surface area contributed by atoms with Crippen molar-refractivity contribution in [2.75, 3.05) is 11.9 Å². The standard InChI is InChI=1S/C12H20N4O3/c1-12(2,3)19-11(18)13-7-6-10(17)15-9-5-8-14-16(9)4/h5,8H,6-7H2,1-4H3,(H,13,18)(H,15,17). The van der Waals surface area contributed by atoms with Crippen molar-refractivity contribution in [3.05, 3.63) is 12.3 Å². The number of hydrogen-bond donors (Lipinski definition) is 2. The third-order valence-electron chi connectivity index (χ3n) is 2.11. The van der Waals surface area contributed by atoms with E-state index in [0.717, 1.165) is 0 Å². The van der Waals surface area contributed by atoms with Gasteiger partial charge in [0, 0.05) is 26.1 Å². The fourth-order valence-electron chi connectivity index (χ4n) is 1.29. The number of amides is 2. The molecule has 1 rings (SSSR count). The SMILES string of the molecule is Cn1nccc1NC(=O)CCNC(=O)OC(C)(C)C. The molecule has 1 aromatic heterocycles. The molecule has 7 heteroatoms. The van der Waals surface area contributed by atoms with Gasteiger partial charge in [-0.2, -0.15) is 5.10 Å². The van der Waals surface area contributed by atoms with E-state index < -0.39 is 11.7 Å². The van der Waals surface area contributed by atoms with Crippen LogP contribution in [0.3, 0.4) is 0 Å². The molecule has 0 fully saturated rings. The Morgan fingerprint density at radius 1 is 1.42 bits per heavy atom. The van der Waals surface area contributed by atoms with Crippen LogP contribution in [0.15, 0.2) is 12.3 Å². The van der Waals surface area contributed by atoms with Crippen LogP contribution in [0.2, 0.25) is 0 Å². The van der Waals surface area contributed by atoms with Crippen LogP contribution in [0.1, 0.15) is 27.2 Å². The van der Waals surface area contributed by atoms with Gasteiger partial charge in [0.15, 0.2) is 0 Å². The summed E-state index contributed by atoms with van der Waals surface area (Å²) in [6.45, 7) is 5.56. The quantitative estimate of drug-likeness (QED) is 0.861. The zero-order valence-corrected chi connectivity index (χ0v) is 11.7. The lowest BCUT2D eigenvalue weighted by molar-refractivity contribution is -0.116. The van der Waals surface area contributed by atoms with Gasteiger partial charge >= 0.3 is 6.09 Å². The van der Waals surface area contributed by atoms with Crippen LogP contribution in [0, 0.1) is 0 Å². The van der Waals surface area contributed by atoms with Crippen molar-refractivity contribution in [2.24, 2.45) is 7.05 Å². The van der Waals surface area contributed by atoms with E-state index in [-0.39, 0.29) is 18.9 Å². The summed E-state index contributed by atoms with van der Waals surface area (Å²) in [5.74, 6) is 0.418. The number of aromatic nitrogens is 2. The molecule has 0 bridgehead atoms. The van der Waals surface area contributed by atoms with Gasteiger partial charge in [-0.1, -0.05) is 0 Å². The second-order valence-corrected chi connectivity index (χ2v) is 5.07. The first kappa shape index (κ1) is 15.0. The molecule has 1 aromatic rings. The molecule has 0 saturated heterocycles. The first-order chi connectivity index (χ1) is 8.78. The fourth-order valence-corrected chi connectivity index (χ4v) is 1.29. The summed E-state index contributed by atoms with van der Waals surface area (Å²) in [7, 11) is 1.73. The lowest BCUT2D eigenvalue weighted by Crippen LogP contribution is -2.34. The van der Waals surface area contributed by atoms with Crippen molar-refractivity contribution >= 4 is 17.8 Å². The van der Waals surface area contributed by atoms with Crippen molar-refractivity contribution in [3.63, 3.8) is 0 Å². The van der Waals surface area contributed by atoms with Crippen molar-refractivity contribution in [2.45, 2.75) is 32.8 Å². The van der Waals surface area contributed by atoms with E-state index in [1.165, 1.54) is 0 Å². The summed E-state index contributed by atoms with van der Waals surface area (Å²) in [6.07, 6.45) is 1.24. The molecule has 0 radical (unpaired) electrons. The van der Waals surface area contributed by atoms with Crippen molar-refractivity contribution in [1.82, 2.24) is 15.1 Å². The summed E-state index contributed by atoms with van der Waals surface area (Å²) in [4.78, 5) is 22.9. The van der Waals surface area contributed by atoms with Gasteiger partial charge < -0.3 is 15.4 Å². The predicted octanol–water partition coefficient (Wildman–Crippen LogP) is 1.27. The maximum Gasteiger partial charge on any atom is 0.407 e. The number of carbonyl (C=O) groups is 2. The number of rotatable bonds is 4. The van der Waals surface area contributed by atoms with Gasteiger partial charge in [0.25, 0.3) is 0 Å². The van der Waals surface area contributed by atoms with Crippen LogP contribution >= 0.6 is 0 Å². The van der Waals surface area contributed by atoms with E-state index in [1.807, 2.05) is 0 Å². The molecule has 0 unspecified atom stereocenters. The Kier molecular flexibility index (Phi) is 4.91. The highest BCUT2D eigenvalue weighted by atomic mass is 16.6. The third kappa shape index (κ3) is 5.89. The molecule has 7 nitrogen and oxygen atoms in total. The average Bonchev–Trinajstić information content (AvgIpc) is 2.61. The minimum absolute atomic E-state index is 0.171. The number of hydrogen-bond acceptors (Lipinski definition) is 4. The molecule has 2 amide bonds. The van der Waals surface area contributed by atoms with E-state index in [1.54, 1.807) is 44.8 Å².